The van der Waals surface area contributed by atoms with Gasteiger partial charge in [-0.15, -0.1) is 0 Å². The van der Waals surface area contributed by atoms with E-state index < -0.39 is 0 Å². The molecule has 0 aliphatic heterocycles. The first-order valence-electron chi connectivity index (χ1n) is 9.94. The molecule has 1 amide bonds. The van der Waals surface area contributed by atoms with Crippen LogP contribution in [0, 0.1) is 0 Å². The van der Waals surface area contributed by atoms with Crippen molar-refractivity contribution >= 4 is 29.0 Å². The lowest BCUT2D eigenvalue weighted by molar-refractivity contribution is 0.0950. The fraction of sp³-hybridized carbons (Fsp3) is 0.0800. The lowest BCUT2D eigenvalue weighted by Crippen LogP contribution is -2.17. The van der Waals surface area contributed by atoms with Gasteiger partial charge in [0.1, 0.15) is 5.69 Å². The van der Waals surface area contributed by atoms with Crippen molar-refractivity contribution in [2.45, 2.75) is 12.8 Å². The minimum atomic E-state index is -0.330. The highest BCUT2D eigenvalue weighted by Crippen LogP contribution is 2.36. The third kappa shape index (κ3) is 3.42. The molecule has 4 aromatic rings. The van der Waals surface area contributed by atoms with E-state index in [1.54, 1.807) is 18.4 Å². The van der Waals surface area contributed by atoms with Crippen LogP contribution in [-0.4, -0.2) is 22.3 Å². The van der Waals surface area contributed by atoms with E-state index in [4.69, 9.17) is 0 Å². The number of rotatable bonds is 5. The third-order valence-electron chi connectivity index (χ3n) is 5.39. The summed E-state index contributed by atoms with van der Waals surface area (Å²) in [6.45, 7) is 0. The van der Waals surface area contributed by atoms with Crippen LogP contribution in [0.3, 0.4) is 0 Å². The van der Waals surface area contributed by atoms with Crippen LogP contribution >= 0.6 is 0 Å². The van der Waals surface area contributed by atoms with Crippen molar-refractivity contribution in [1.82, 2.24) is 15.6 Å². The van der Waals surface area contributed by atoms with E-state index in [0.29, 0.717) is 5.69 Å². The van der Waals surface area contributed by atoms with Crippen LogP contribution in [0.15, 0.2) is 77.9 Å². The molecule has 0 bridgehead atoms. The summed E-state index contributed by atoms with van der Waals surface area (Å²) in [5, 5.41) is 13.7. The SMILES string of the molecule is O=C(N/N=C\C=C/c1ccccc1)c1cc(-c2ccc3c4c(cccc24)CC3)n[nH]1. The number of hydrazone groups is 1. The summed E-state index contributed by atoms with van der Waals surface area (Å²) in [4.78, 5) is 12.4. The Labute approximate surface area is 174 Å². The van der Waals surface area contributed by atoms with Gasteiger partial charge in [-0.2, -0.15) is 10.2 Å². The molecule has 0 unspecified atom stereocenters. The Bertz CT molecular complexity index is 1280. The summed E-state index contributed by atoms with van der Waals surface area (Å²) in [5.74, 6) is -0.330. The normalized spacial score (nSPS) is 12.9. The van der Waals surface area contributed by atoms with Gasteiger partial charge in [0.15, 0.2) is 0 Å². The molecule has 30 heavy (non-hydrogen) atoms. The zero-order chi connectivity index (χ0) is 20.3. The number of allylic oxidation sites excluding steroid dienone is 1. The maximum Gasteiger partial charge on any atom is 0.289 e. The van der Waals surface area contributed by atoms with Crippen molar-refractivity contribution in [2.75, 3.05) is 0 Å². The Kier molecular flexibility index (Phi) is 4.69. The molecule has 2 N–H and O–H groups in total. The second kappa shape index (κ2) is 7.79. The van der Waals surface area contributed by atoms with Gasteiger partial charge in [0.2, 0.25) is 0 Å². The number of benzene rings is 3. The molecule has 3 aromatic carbocycles. The lowest BCUT2D eigenvalue weighted by Gasteiger charge is -2.06. The number of hydrogen-bond acceptors (Lipinski definition) is 3. The molecule has 5 heteroatoms. The highest BCUT2D eigenvalue weighted by atomic mass is 16.2. The molecule has 5 rings (SSSR count). The van der Waals surface area contributed by atoms with Gasteiger partial charge in [0, 0.05) is 11.8 Å². The molecule has 0 spiro atoms. The molecule has 1 heterocycles. The van der Waals surface area contributed by atoms with Gasteiger partial charge in [0.25, 0.3) is 5.91 Å². The van der Waals surface area contributed by atoms with Crippen LogP contribution in [0.2, 0.25) is 0 Å². The van der Waals surface area contributed by atoms with Gasteiger partial charge in [-0.05, 0) is 52.4 Å². The molecule has 0 saturated heterocycles. The standard InChI is InChI=1S/C25H20N4O/c30-25(29-26-15-5-8-17-6-2-1-3-7-17)23-16-22(27-28-23)20-14-13-19-12-11-18-9-4-10-21(20)24(18)19/h1-10,13-16H,11-12H2,(H,27,28)(H,29,30)/b8-5-,26-15-. The Morgan fingerprint density at radius 1 is 1.00 bits per heavy atom. The predicted octanol–water partition coefficient (Wildman–Crippen LogP) is 4.76. The monoisotopic (exact) mass is 392 g/mol. The first kappa shape index (κ1) is 18.1. The molecule has 0 radical (unpaired) electrons. The molecule has 1 aliphatic rings. The fourth-order valence-electron chi connectivity index (χ4n) is 3.96. The Balaban J connectivity index is 1.31. The van der Waals surface area contributed by atoms with Gasteiger partial charge in [0.05, 0.1) is 5.69 Å². The van der Waals surface area contributed by atoms with Gasteiger partial charge in [-0.3, -0.25) is 9.89 Å². The molecule has 0 saturated carbocycles. The van der Waals surface area contributed by atoms with Crippen molar-refractivity contribution in [3.8, 4) is 11.3 Å². The molecule has 1 aromatic heterocycles. The maximum absolute atomic E-state index is 12.4. The summed E-state index contributed by atoms with van der Waals surface area (Å²) in [6.07, 6.45) is 7.41. The maximum atomic E-state index is 12.4. The lowest BCUT2D eigenvalue weighted by atomic mass is 9.98. The van der Waals surface area contributed by atoms with Crippen LogP contribution in [0.25, 0.3) is 28.1 Å². The Morgan fingerprint density at radius 3 is 2.70 bits per heavy atom. The van der Waals surface area contributed by atoms with E-state index in [0.717, 1.165) is 29.7 Å². The number of H-pyrrole nitrogens is 1. The topological polar surface area (TPSA) is 70.1 Å². The number of nitrogens with zero attached hydrogens (tertiary/aromatic N) is 2. The smallest absolute Gasteiger partial charge is 0.272 e. The fourth-order valence-corrected chi connectivity index (χ4v) is 3.96. The molecule has 0 fully saturated rings. The number of aryl methyl sites for hydroxylation is 2. The highest BCUT2D eigenvalue weighted by Gasteiger charge is 2.18. The number of carbonyl (C=O) groups is 1. The van der Waals surface area contributed by atoms with Crippen LogP contribution in [0.1, 0.15) is 27.2 Å². The average Bonchev–Trinajstić information content (AvgIpc) is 3.43. The summed E-state index contributed by atoms with van der Waals surface area (Å²) in [7, 11) is 0. The minimum Gasteiger partial charge on any atom is -0.272 e. The van der Waals surface area contributed by atoms with Gasteiger partial charge >= 0.3 is 0 Å². The molecule has 146 valence electrons. The van der Waals surface area contributed by atoms with E-state index in [9.17, 15) is 4.79 Å². The van der Waals surface area contributed by atoms with Crippen LogP contribution in [0.4, 0.5) is 0 Å². The average molecular weight is 392 g/mol. The van der Waals surface area contributed by atoms with Crippen molar-refractivity contribution < 1.29 is 4.79 Å². The van der Waals surface area contributed by atoms with Gasteiger partial charge in [-0.25, -0.2) is 5.43 Å². The summed E-state index contributed by atoms with van der Waals surface area (Å²) in [5.41, 5.74) is 8.52. The quantitative estimate of drug-likeness (QED) is 0.380. The largest absolute Gasteiger partial charge is 0.289 e. The number of aromatic nitrogens is 2. The van der Waals surface area contributed by atoms with E-state index >= 15 is 0 Å². The summed E-state index contributed by atoms with van der Waals surface area (Å²) in [6, 6.07) is 22.3. The number of carbonyl (C=O) groups excluding carboxylic acids is 1. The molecule has 0 atom stereocenters. The number of aromatic amines is 1. The van der Waals surface area contributed by atoms with Gasteiger partial charge in [-0.1, -0.05) is 66.7 Å². The third-order valence-corrected chi connectivity index (χ3v) is 5.39. The molecule has 1 aliphatic carbocycles. The van der Waals surface area contributed by atoms with Gasteiger partial charge < -0.3 is 0 Å². The summed E-state index contributed by atoms with van der Waals surface area (Å²) < 4.78 is 0. The van der Waals surface area contributed by atoms with Crippen molar-refractivity contribution in [1.29, 1.82) is 0 Å². The first-order valence-corrected chi connectivity index (χ1v) is 9.94. The van der Waals surface area contributed by atoms with E-state index in [2.05, 4.69) is 51.1 Å². The second-order valence-electron chi connectivity index (χ2n) is 7.27. The zero-order valence-corrected chi connectivity index (χ0v) is 16.3. The predicted molar refractivity (Wildman–Crippen MR) is 120 cm³/mol. The highest BCUT2D eigenvalue weighted by molar-refractivity contribution is 6.02. The molecule has 5 nitrogen and oxygen atoms in total. The van der Waals surface area contributed by atoms with Crippen molar-refractivity contribution in [2.24, 2.45) is 5.10 Å². The first-order chi connectivity index (χ1) is 14.8. The number of hydrogen-bond donors (Lipinski definition) is 2. The number of nitrogens with one attached hydrogen (secondary N) is 2. The van der Waals surface area contributed by atoms with Crippen LogP contribution < -0.4 is 5.43 Å². The van der Waals surface area contributed by atoms with Crippen molar-refractivity contribution in [3.05, 3.63) is 95.2 Å². The Morgan fingerprint density at radius 2 is 1.83 bits per heavy atom. The van der Waals surface area contributed by atoms with E-state index in [1.807, 2.05) is 36.4 Å². The van der Waals surface area contributed by atoms with E-state index in [-0.39, 0.29) is 5.91 Å². The number of amides is 1. The Hall–Kier alpha value is -3.99. The van der Waals surface area contributed by atoms with E-state index in [1.165, 1.54) is 21.9 Å². The molecular weight excluding hydrogens is 372 g/mol. The summed E-state index contributed by atoms with van der Waals surface area (Å²) >= 11 is 0. The molecular formula is C25H20N4O. The second-order valence-corrected chi connectivity index (χ2v) is 7.27. The minimum absolute atomic E-state index is 0.330. The van der Waals surface area contributed by atoms with Crippen LogP contribution in [-0.2, 0) is 12.8 Å². The van der Waals surface area contributed by atoms with Crippen molar-refractivity contribution in [3.63, 3.8) is 0 Å². The zero-order valence-electron chi connectivity index (χ0n) is 16.3. The van der Waals surface area contributed by atoms with Crippen LogP contribution in [0.5, 0.6) is 0 Å².